The monoisotopic (exact) mass is 372 g/mol. The Labute approximate surface area is 122 Å². The van der Waals surface area contributed by atoms with Crippen LogP contribution in [0, 0.1) is 20.6 Å². The number of carbonyl (C=O) groups excluding carboxylic acids is 1. The fourth-order valence-corrected chi connectivity index (χ4v) is 1.95. The lowest BCUT2D eigenvalue weighted by molar-refractivity contribution is -0.402. The summed E-state index contributed by atoms with van der Waals surface area (Å²) in [5.74, 6) is -1.06. The van der Waals surface area contributed by atoms with Crippen LogP contribution in [0.4, 0.5) is 11.6 Å². The minimum absolute atomic E-state index is 0.0926. The Morgan fingerprint density at radius 3 is 2.74 bits per heavy atom. The lowest BCUT2D eigenvalue weighted by Crippen LogP contribution is -2.12. The number of furan rings is 1. The molecule has 0 atom stereocenters. The molecule has 0 aliphatic carbocycles. The predicted octanol–water partition coefficient (Wildman–Crippen LogP) is 3.35. The first kappa shape index (κ1) is 13.5. The predicted molar refractivity (Wildman–Crippen MR) is 77.2 cm³/mol. The quantitative estimate of drug-likeness (QED) is 0.509. The van der Waals surface area contributed by atoms with Gasteiger partial charge in [0.25, 0.3) is 5.91 Å². The van der Waals surface area contributed by atoms with Crippen LogP contribution in [0.5, 0.6) is 0 Å². The van der Waals surface area contributed by atoms with Crippen LogP contribution in [-0.4, -0.2) is 10.8 Å². The molecule has 0 fully saturated rings. The molecule has 0 saturated heterocycles. The van der Waals surface area contributed by atoms with Gasteiger partial charge in [0.05, 0.1) is 6.07 Å². The largest absolute Gasteiger partial charge is 0.433 e. The molecule has 0 aliphatic heterocycles. The summed E-state index contributed by atoms with van der Waals surface area (Å²) in [6, 6.07) is 8.03. The van der Waals surface area contributed by atoms with Crippen LogP contribution in [0.25, 0.3) is 0 Å². The molecule has 2 aromatic rings. The Hall–Kier alpha value is -1.90. The van der Waals surface area contributed by atoms with Crippen molar-refractivity contribution in [2.75, 3.05) is 5.32 Å². The van der Waals surface area contributed by atoms with Crippen LogP contribution in [-0.2, 0) is 0 Å². The first-order chi connectivity index (χ1) is 8.97. The van der Waals surface area contributed by atoms with Crippen molar-refractivity contribution in [3.63, 3.8) is 0 Å². The number of nitrogens with zero attached hydrogens (tertiary/aromatic N) is 1. The van der Waals surface area contributed by atoms with Crippen molar-refractivity contribution < 1.29 is 14.1 Å². The fourth-order valence-electron chi connectivity index (χ4n) is 1.46. The zero-order valence-electron chi connectivity index (χ0n) is 9.84. The lowest BCUT2D eigenvalue weighted by atomic mass is 10.2. The normalized spacial score (nSPS) is 10.2. The number of hydrogen-bond donors (Lipinski definition) is 1. The average Bonchev–Trinajstić information content (AvgIpc) is 2.83. The summed E-state index contributed by atoms with van der Waals surface area (Å²) in [6.07, 6.45) is 0. The summed E-state index contributed by atoms with van der Waals surface area (Å²) in [5.41, 5.74) is 1.55. The minimum atomic E-state index is -0.687. The molecule has 1 N–H and O–H groups in total. The van der Waals surface area contributed by atoms with Crippen molar-refractivity contribution in [1.82, 2.24) is 0 Å². The fraction of sp³-hybridized carbons (Fsp3) is 0.0833. The van der Waals surface area contributed by atoms with E-state index in [0.717, 1.165) is 15.2 Å². The smallest absolute Gasteiger partial charge is 0.395 e. The topological polar surface area (TPSA) is 85.4 Å². The van der Waals surface area contributed by atoms with Gasteiger partial charge in [0, 0.05) is 9.26 Å². The van der Waals surface area contributed by atoms with Gasteiger partial charge in [0.1, 0.15) is 4.92 Å². The number of aryl methyl sites for hydroxylation is 1. The van der Waals surface area contributed by atoms with E-state index < -0.39 is 16.7 Å². The third kappa shape index (κ3) is 3.11. The van der Waals surface area contributed by atoms with Crippen LogP contribution in [0.15, 0.2) is 34.7 Å². The molecule has 0 saturated carbocycles. The van der Waals surface area contributed by atoms with Gasteiger partial charge in [-0.1, -0.05) is 6.07 Å². The van der Waals surface area contributed by atoms with Crippen LogP contribution in [0.2, 0.25) is 0 Å². The lowest BCUT2D eigenvalue weighted by Gasteiger charge is -2.07. The highest BCUT2D eigenvalue weighted by Gasteiger charge is 2.17. The van der Waals surface area contributed by atoms with E-state index in [1.165, 1.54) is 6.07 Å². The Morgan fingerprint density at radius 2 is 2.11 bits per heavy atom. The second-order valence-corrected chi connectivity index (χ2v) is 5.05. The summed E-state index contributed by atoms with van der Waals surface area (Å²) in [4.78, 5) is 21.7. The van der Waals surface area contributed by atoms with Crippen molar-refractivity contribution in [3.8, 4) is 0 Å². The minimum Gasteiger partial charge on any atom is -0.395 e. The molecular formula is C12H9IN2O4. The Balaban J connectivity index is 2.20. The van der Waals surface area contributed by atoms with E-state index in [-0.39, 0.29) is 5.76 Å². The summed E-state index contributed by atoms with van der Waals surface area (Å²) >= 11 is 2.13. The van der Waals surface area contributed by atoms with E-state index in [4.69, 9.17) is 4.42 Å². The molecule has 0 radical (unpaired) electrons. The SMILES string of the molecule is Cc1ccc(I)cc1NC(=O)c1ccc([N+](=O)[O-])o1. The molecule has 0 unspecified atom stereocenters. The van der Waals surface area contributed by atoms with E-state index in [1.54, 1.807) is 0 Å². The maximum atomic E-state index is 11.9. The highest BCUT2D eigenvalue weighted by molar-refractivity contribution is 14.1. The molecule has 19 heavy (non-hydrogen) atoms. The van der Waals surface area contributed by atoms with E-state index >= 15 is 0 Å². The Bertz CT molecular complexity index is 651. The van der Waals surface area contributed by atoms with Gasteiger partial charge in [-0.15, -0.1) is 0 Å². The number of carbonyl (C=O) groups is 1. The third-order valence-corrected chi connectivity index (χ3v) is 3.11. The van der Waals surface area contributed by atoms with Crippen molar-refractivity contribution in [1.29, 1.82) is 0 Å². The molecule has 7 heteroatoms. The van der Waals surface area contributed by atoms with Crippen molar-refractivity contribution >= 4 is 40.1 Å². The number of nitrogens with one attached hydrogen (secondary N) is 1. The van der Waals surface area contributed by atoms with Crippen LogP contribution in [0.3, 0.4) is 0 Å². The van der Waals surface area contributed by atoms with E-state index in [0.29, 0.717) is 5.69 Å². The van der Waals surface area contributed by atoms with Crippen LogP contribution < -0.4 is 5.32 Å². The number of hydrogen-bond acceptors (Lipinski definition) is 4. The number of rotatable bonds is 3. The van der Waals surface area contributed by atoms with Gasteiger partial charge in [0.15, 0.2) is 5.76 Å². The van der Waals surface area contributed by atoms with Gasteiger partial charge in [-0.2, -0.15) is 0 Å². The van der Waals surface area contributed by atoms with Gasteiger partial charge >= 0.3 is 5.88 Å². The number of amides is 1. The maximum Gasteiger partial charge on any atom is 0.433 e. The Morgan fingerprint density at radius 1 is 1.37 bits per heavy atom. The summed E-state index contributed by atoms with van der Waals surface area (Å²) in [5, 5.41) is 13.1. The van der Waals surface area contributed by atoms with Crippen molar-refractivity contribution in [3.05, 3.63) is 55.3 Å². The molecular weight excluding hydrogens is 363 g/mol. The first-order valence-corrected chi connectivity index (χ1v) is 6.37. The van der Waals surface area contributed by atoms with Gasteiger partial charge in [-0.25, -0.2) is 0 Å². The van der Waals surface area contributed by atoms with Gasteiger partial charge in [-0.05, 0) is 53.3 Å². The summed E-state index contributed by atoms with van der Waals surface area (Å²) in [7, 11) is 0. The third-order valence-electron chi connectivity index (χ3n) is 2.44. The molecule has 98 valence electrons. The van der Waals surface area contributed by atoms with Crippen molar-refractivity contribution in [2.45, 2.75) is 6.92 Å². The zero-order valence-corrected chi connectivity index (χ0v) is 12.0. The van der Waals surface area contributed by atoms with Crippen molar-refractivity contribution in [2.24, 2.45) is 0 Å². The average molecular weight is 372 g/mol. The van der Waals surface area contributed by atoms with Gasteiger partial charge < -0.3 is 9.73 Å². The molecule has 0 spiro atoms. The summed E-state index contributed by atoms with van der Waals surface area (Å²) in [6.45, 7) is 1.86. The van der Waals surface area contributed by atoms with Gasteiger partial charge in [0.2, 0.25) is 0 Å². The number of nitro groups is 1. The standard InChI is InChI=1S/C12H9IN2O4/c1-7-2-3-8(13)6-9(7)14-12(16)10-4-5-11(19-10)15(17)18/h2-6H,1H3,(H,14,16). The number of halogens is 1. The number of anilines is 1. The Kier molecular flexibility index (Phi) is 3.84. The molecule has 1 aromatic heterocycles. The second kappa shape index (κ2) is 5.39. The maximum absolute atomic E-state index is 11.9. The molecule has 6 nitrogen and oxygen atoms in total. The highest BCUT2D eigenvalue weighted by Crippen LogP contribution is 2.21. The molecule has 1 heterocycles. The molecule has 1 amide bonds. The number of benzene rings is 1. The summed E-state index contributed by atoms with van der Waals surface area (Å²) < 4.78 is 5.81. The molecule has 2 rings (SSSR count). The second-order valence-electron chi connectivity index (χ2n) is 3.81. The zero-order chi connectivity index (χ0) is 14.0. The van der Waals surface area contributed by atoms with E-state index in [2.05, 4.69) is 27.9 Å². The van der Waals surface area contributed by atoms with E-state index in [9.17, 15) is 14.9 Å². The molecule has 0 aliphatic rings. The first-order valence-electron chi connectivity index (χ1n) is 5.29. The van der Waals surface area contributed by atoms with Crippen LogP contribution in [0.1, 0.15) is 16.1 Å². The molecule has 0 bridgehead atoms. The molecule has 1 aromatic carbocycles. The van der Waals surface area contributed by atoms with E-state index in [1.807, 2.05) is 25.1 Å². The highest BCUT2D eigenvalue weighted by atomic mass is 127. The van der Waals surface area contributed by atoms with Crippen LogP contribution >= 0.6 is 22.6 Å². The van der Waals surface area contributed by atoms with Gasteiger partial charge in [-0.3, -0.25) is 14.9 Å².